The Kier molecular flexibility index (Phi) is 9.56. The summed E-state index contributed by atoms with van der Waals surface area (Å²) < 4.78 is 13.6. The minimum atomic E-state index is -0.268. The third-order valence-electron chi connectivity index (χ3n) is 17.4. The summed E-state index contributed by atoms with van der Waals surface area (Å²) in [7, 11) is 0. The van der Waals surface area contributed by atoms with Crippen LogP contribution in [0.15, 0.2) is 276 Å². The van der Waals surface area contributed by atoms with Crippen LogP contribution in [0.25, 0.3) is 76.9 Å². The molecule has 0 amide bonds. The van der Waals surface area contributed by atoms with E-state index >= 15 is 0 Å². The van der Waals surface area contributed by atoms with Gasteiger partial charge in [-0.15, -0.1) is 0 Å². The van der Waals surface area contributed by atoms with E-state index in [1.54, 1.807) is 0 Å². The van der Waals surface area contributed by atoms with Gasteiger partial charge in [-0.1, -0.05) is 158 Å². The van der Waals surface area contributed by atoms with Gasteiger partial charge in [-0.05, 0) is 177 Å². The fourth-order valence-corrected chi connectivity index (χ4v) is 13.5. The van der Waals surface area contributed by atoms with Gasteiger partial charge in [0.1, 0.15) is 22.3 Å². The van der Waals surface area contributed by atoms with Crippen molar-refractivity contribution in [2.75, 3.05) is 9.80 Å². The molecule has 2 heterocycles. The van der Waals surface area contributed by atoms with E-state index < -0.39 is 0 Å². The zero-order valence-electron chi connectivity index (χ0n) is 43.1. The monoisotopic (exact) mass is 998 g/mol. The molecule has 4 nitrogen and oxygen atoms in total. The van der Waals surface area contributed by atoms with Crippen LogP contribution >= 0.6 is 0 Å². The molecule has 0 atom stereocenters. The zero-order valence-corrected chi connectivity index (χ0v) is 43.1. The first kappa shape index (κ1) is 44.4. The van der Waals surface area contributed by atoms with Crippen molar-refractivity contribution >= 4 is 88.8 Å². The van der Waals surface area contributed by atoms with E-state index in [1.807, 2.05) is 0 Å². The Bertz CT molecular complexity index is 4320. The normalized spacial score (nSPS) is 13.7. The highest BCUT2D eigenvalue weighted by Gasteiger charge is 2.42. The zero-order chi connectivity index (χ0) is 51.7. The molecule has 16 rings (SSSR count). The van der Waals surface area contributed by atoms with E-state index in [1.165, 1.54) is 55.6 Å². The first-order valence-corrected chi connectivity index (χ1v) is 27.0. The largest absolute Gasteiger partial charge is 0.456 e. The van der Waals surface area contributed by atoms with Gasteiger partial charge in [-0.3, -0.25) is 0 Å². The Hall–Kier alpha value is -9.90. The molecule has 0 bridgehead atoms. The van der Waals surface area contributed by atoms with Crippen LogP contribution in [0.2, 0.25) is 0 Å². The topological polar surface area (TPSA) is 32.8 Å². The Morgan fingerprint density at radius 1 is 0.256 bits per heavy atom. The van der Waals surface area contributed by atoms with Crippen LogP contribution < -0.4 is 9.80 Å². The van der Waals surface area contributed by atoms with Crippen molar-refractivity contribution in [1.82, 2.24) is 0 Å². The van der Waals surface area contributed by atoms with Crippen molar-refractivity contribution in [2.24, 2.45) is 0 Å². The molecule has 14 aromatic rings. The molecule has 368 valence electrons. The molecular formula is C74H50N2O2. The standard InChI is InChI=1S/C74H50N2O2/c1-73(65-25-13-9-21-57(65)58-22-10-14-26-66(58)73)49-29-33-53(34-30-49)75(51-17-5-3-6-18-51)55-37-39-61-63-41-47-42-64-62-40-38-56(46-72(62)78-70(64)44-48(47)43-69(63)77-71(61)45-55)76(52-19-7-4-8-20-52)54-35-31-50(32-36-54)74(2)67-27-15-11-23-59(67)60-24-12-16-28-68(60)74/h3-46H,1-2H3. The molecule has 2 aliphatic rings. The Morgan fingerprint density at radius 3 is 0.923 bits per heavy atom. The molecular weight excluding hydrogens is 949 g/mol. The molecule has 12 aromatic carbocycles. The Morgan fingerprint density at radius 2 is 0.551 bits per heavy atom. The lowest BCUT2D eigenvalue weighted by Gasteiger charge is -2.30. The number of benzene rings is 12. The van der Waals surface area contributed by atoms with Gasteiger partial charge in [0.25, 0.3) is 0 Å². The number of nitrogens with zero attached hydrogens (tertiary/aromatic N) is 2. The lowest BCUT2D eigenvalue weighted by molar-refractivity contribution is 0.668. The van der Waals surface area contributed by atoms with Crippen molar-refractivity contribution in [3.05, 3.63) is 300 Å². The van der Waals surface area contributed by atoms with E-state index in [4.69, 9.17) is 8.83 Å². The minimum Gasteiger partial charge on any atom is -0.456 e. The lowest BCUT2D eigenvalue weighted by atomic mass is 9.74. The summed E-state index contributed by atoms with van der Waals surface area (Å²) >= 11 is 0. The summed E-state index contributed by atoms with van der Waals surface area (Å²) in [5, 5.41) is 6.52. The van der Waals surface area contributed by atoms with Gasteiger partial charge in [0.15, 0.2) is 0 Å². The van der Waals surface area contributed by atoms with Crippen molar-refractivity contribution in [2.45, 2.75) is 24.7 Å². The summed E-state index contributed by atoms with van der Waals surface area (Å²) in [4.78, 5) is 4.64. The van der Waals surface area contributed by atoms with Crippen LogP contribution in [0.5, 0.6) is 0 Å². The average molecular weight is 999 g/mol. The van der Waals surface area contributed by atoms with E-state index in [0.29, 0.717) is 0 Å². The molecule has 2 aromatic heterocycles. The lowest BCUT2D eigenvalue weighted by Crippen LogP contribution is -2.22. The fourth-order valence-electron chi connectivity index (χ4n) is 13.5. The second-order valence-corrected chi connectivity index (χ2v) is 21.5. The van der Waals surface area contributed by atoms with Crippen LogP contribution in [-0.4, -0.2) is 0 Å². The van der Waals surface area contributed by atoms with E-state index in [0.717, 1.165) is 88.8 Å². The molecule has 0 fully saturated rings. The number of fused-ring (bicyclic) bond motifs is 13. The molecule has 0 spiro atoms. The van der Waals surface area contributed by atoms with Gasteiger partial charge in [0.05, 0.1) is 0 Å². The third kappa shape index (κ3) is 6.47. The summed E-state index contributed by atoms with van der Waals surface area (Å²) in [6.07, 6.45) is 0. The van der Waals surface area contributed by atoms with Crippen LogP contribution in [0, 0.1) is 0 Å². The summed E-state index contributed by atoms with van der Waals surface area (Å²) in [5.74, 6) is 0. The summed E-state index contributed by atoms with van der Waals surface area (Å²) in [5.41, 5.74) is 22.3. The number of para-hydroxylation sites is 2. The molecule has 0 saturated carbocycles. The number of hydrogen-bond acceptors (Lipinski definition) is 4. The van der Waals surface area contributed by atoms with Gasteiger partial charge in [0, 0.05) is 78.6 Å². The van der Waals surface area contributed by atoms with E-state index in [9.17, 15) is 0 Å². The maximum atomic E-state index is 6.80. The fraction of sp³-hybridized carbons (Fsp3) is 0.0541. The highest BCUT2D eigenvalue weighted by molar-refractivity contribution is 6.16. The van der Waals surface area contributed by atoms with Crippen molar-refractivity contribution in [3.8, 4) is 22.3 Å². The van der Waals surface area contributed by atoms with E-state index in [2.05, 4.69) is 291 Å². The molecule has 2 aliphatic carbocycles. The maximum Gasteiger partial charge on any atom is 0.137 e. The van der Waals surface area contributed by atoms with Gasteiger partial charge in [0.2, 0.25) is 0 Å². The first-order valence-electron chi connectivity index (χ1n) is 27.0. The highest BCUT2D eigenvalue weighted by atomic mass is 16.3. The summed E-state index contributed by atoms with van der Waals surface area (Å²) in [6.45, 7) is 4.73. The second-order valence-electron chi connectivity index (χ2n) is 21.5. The molecule has 0 radical (unpaired) electrons. The number of rotatable bonds is 8. The average Bonchev–Trinajstić information content (AvgIpc) is 4.39. The molecule has 0 N–H and O–H groups in total. The first-order chi connectivity index (χ1) is 38.4. The quantitative estimate of drug-likeness (QED) is 0.152. The van der Waals surface area contributed by atoms with Gasteiger partial charge in [-0.2, -0.15) is 0 Å². The number of hydrogen-bond donors (Lipinski definition) is 0. The van der Waals surface area contributed by atoms with Gasteiger partial charge in [-0.25, -0.2) is 0 Å². The number of furan rings is 2. The predicted octanol–water partition coefficient (Wildman–Crippen LogP) is 20.2. The van der Waals surface area contributed by atoms with Crippen molar-refractivity contribution in [1.29, 1.82) is 0 Å². The predicted molar refractivity (Wildman–Crippen MR) is 323 cm³/mol. The Balaban J connectivity index is 0.741. The smallest absolute Gasteiger partial charge is 0.137 e. The van der Waals surface area contributed by atoms with Crippen molar-refractivity contribution in [3.63, 3.8) is 0 Å². The van der Waals surface area contributed by atoms with Crippen LogP contribution in [0.4, 0.5) is 34.1 Å². The Labute approximate surface area is 452 Å². The molecule has 0 aliphatic heterocycles. The molecule has 0 unspecified atom stereocenters. The minimum absolute atomic E-state index is 0.268. The second kappa shape index (κ2) is 16.8. The van der Waals surface area contributed by atoms with Crippen LogP contribution in [0.3, 0.4) is 0 Å². The van der Waals surface area contributed by atoms with Gasteiger partial charge < -0.3 is 18.6 Å². The van der Waals surface area contributed by atoms with Gasteiger partial charge >= 0.3 is 0 Å². The van der Waals surface area contributed by atoms with E-state index in [-0.39, 0.29) is 10.8 Å². The SMILES string of the molecule is CC1(c2ccc(N(c3ccccc3)c3ccc4c(c3)oc3cc5cc6oc7cc(N(c8ccccc8)c8ccc(C9(C)c%10ccccc%10-c%10ccccc%109)cc8)ccc7c6cc5cc34)cc2)c2ccccc2-c2ccccc21. The maximum absolute atomic E-state index is 6.80. The molecule has 4 heteroatoms. The van der Waals surface area contributed by atoms with Crippen LogP contribution in [0.1, 0.15) is 47.2 Å². The van der Waals surface area contributed by atoms with Crippen LogP contribution in [-0.2, 0) is 10.8 Å². The third-order valence-corrected chi connectivity index (χ3v) is 17.4. The summed E-state index contributed by atoms with van der Waals surface area (Å²) in [6, 6.07) is 97.0. The molecule has 78 heavy (non-hydrogen) atoms. The van der Waals surface area contributed by atoms with Crippen molar-refractivity contribution < 1.29 is 8.83 Å². The molecule has 0 saturated heterocycles. The number of anilines is 6. The highest BCUT2D eigenvalue weighted by Crippen LogP contribution is 2.54.